The average molecular weight is 423 g/mol. The summed E-state index contributed by atoms with van der Waals surface area (Å²) in [6.07, 6.45) is 1.95. The Hall–Kier alpha value is -1.47. The Morgan fingerprint density at radius 1 is 1.22 bits per heavy atom. The summed E-state index contributed by atoms with van der Waals surface area (Å²) in [6.45, 7) is 2.22. The van der Waals surface area contributed by atoms with Crippen molar-refractivity contribution in [3.63, 3.8) is 0 Å². The fraction of sp³-hybridized carbons (Fsp3) is 0.350. The molecule has 0 radical (unpaired) electrons. The molecule has 4 nitrogen and oxygen atoms in total. The standard InChI is InChI=1S/C20H22N2O2S2.ClH/c21-12-14-7-9-22(10-8-14)20(23)19-16(13-26-18-6-3-11-25-18)15-4-1-2-5-17(15)24-19;/h1-6,11,14H,7-10,12-13,21H2;1H. The molecule has 1 saturated heterocycles. The zero-order valence-corrected chi connectivity index (χ0v) is 17.4. The van der Waals surface area contributed by atoms with E-state index in [1.165, 1.54) is 4.21 Å². The predicted molar refractivity (Wildman–Crippen MR) is 115 cm³/mol. The second-order valence-electron chi connectivity index (χ2n) is 6.60. The van der Waals surface area contributed by atoms with E-state index in [1.54, 1.807) is 23.1 Å². The average Bonchev–Trinajstić information content (AvgIpc) is 3.33. The molecule has 1 aromatic carbocycles. The third-order valence-electron chi connectivity index (χ3n) is 4.98. The van der Waals surface area contributed by atoms with Crippen LogP contribution in [0, 0.1) is 5.92 Å². The highest BCUT2D eigenvalue weighted by Crippen LogP contribution is 2.34. The van der Waals surface area contributed by atoms with Crippen molar-refractivity contribution in [2.45, 2.75) is 22.8 Å². The Morgan fingerprint density at radius 3 is 2.70 bits per heavy atom. The number of nitrogens with two attached hydrogens (primary N) is 1. The Bertz CT molecular complexity index is 887. The Kier molecular flexibility index (Phi) is 6.87. The Morgan fingerprint density at radius 2 is 2.00 bits per heavy atom. The minimum atomic E-state index is 0. The van der Waals surface area contributed by atoms with E-state index in [9.17, 15) is 4.79 Å². The van der Waals surface area contributed by atoms with Crippen molar-refractivity contribution < 1.29 is 9.21 Å². The number of furan rings is 1. The predicted octanol–water partition coefficient (Wildman–Crippen LogP) is 5.02. The summed E-state index contributed by atoms with van der Waals surface area (Å²) in [7, 11) is 0. The zero-order valence-electron chi connectivity index (χ0n) is 14.9. The molecule has 2 aromatic heterocycles. The fourth-order valence-electron chi connectivity index (χ4n) is 3.42. The van der Waals surface area contributed by atoms with Crippen LogP contribution in [0.25, 0.3) is 11.0 Å². The third-order valence-corrected chi connectivity index (χ3v) is 7.14. The number of amides is 1. The number of fused-ring (bicyclic) bond motifs is 1. The van der Waals surface area contributed by atoms with Gasteiger partial charge in [0.15, 0.2) is 5.76 Å². The molecule has 1 aliphatic heterocycles. The minimum absolute atomic E-state index is 0. The van der Waals surface area contributed by atoms with Crippen LogP contribution in [0.15, 0.2) is 50.4 Å². The van der Waals surface area contributed by atoms with Crippen LogP contribution in [0.2, 0.25) is 0 Å². The first kappa shape index (κ1) is 20.3. The number of nitrogens with zero attached hydrogens (tertiary/aromatic N) is 1. The smallest absolute Gasteiger partial charge is 0.289 e. The molecule has 0 spiro atoms. The van der Waals surface area contributed by atoms with Gasteiger partial charge in [0.05, 0.1) is 4.21 Å². The lowest BCUT2D eigenvalue weighted by molar-refractivity contribution is 0.0662. The highest BCUT2D eigenvalue weighted by atomic mass is 35.5. The van der Waals surface area contributed by atoms with Crippen LogP contribution in [-0.2, 0) is 5.75 Å². The van der Waals surface area contributed by atoms with Crippen molar-refractivity contribution in [3.8, 4) is 0 Å². The van der Waals surface area contributed by atoms with Crippen molar-refractivity contribution in [2.75, 3.05) is 19.6 Å². The summed E-state index contributed by atoms with van der Waals surface area (Å²) >= 11 is 3.47. The Balaban J connectivity index is 0.00000210. The van der Waals surface area contributed by atoms with Crippen LogP contribution < -0.4 is 5.73 Å². The number of carbonyl (C=O) groups is 1. The van der Waals surface area contributed by atoms with Gasteiger partial charge >= 0.3 is 0 Å². The highest BCUT2D eigenvalue weighted by molar-refractivity contribution is 8.00. The number of thioether (sulfide) groups is 1. The van der Waals surface area contributed by atoms with E-state index in [1.807, 2.05) is 35.2 Å². The van der Waals surface area contributed by atoms with Crippen molar-refractivity contribution >= 4 is 52.4 Å². The van der Waals surface area contributed by atoms with Crippen molar-refractivity contribution in [2.24, 2.45) is 11.7 Å². The molecule has 3 aromatic rings. The van der Waals surface area contributed by atoms with E-state index in [2.05, 4.69) is 11.4 Å². The van der Waals surface area contributed by atoms with Gasteiger partial charge in [-0.3, -0.25) is 4.79 Å². The Labute approximate surface area is 173 Å². The number of hydrogen-bond acceptors (Lipinski definition) is 5. The summed E-state index contributed by atoms with van der Waals surface area (Å²) in [5.41, 5.74) is 7.56. The molecule has 0 saturated carbocycles. The molecule has 0 bridgehead atoms. The monoisotopic (exact) mass is 422 g/mol. The normalized spacial score (nSPS) is 15.1. The van der Waals surface area contributed by atoms with Crippen LogP contribution in [-0.4, -0.2) is 30.4 Å². The fourth-order valence-corrected chi connectivity index (χ4v) is 5.23. The summed E-state index contributed by atoms with van der Waals surface area (Å²) < 4.78 is 7.26. The van der Waals surface area contributed by atoms with Crippen LogP contribution in [0.4, 0.5) is 0 Å². The SMILES string of the molecule is Cl.NCC1CCN(C(=O)c2oc3ccccc3c2CSc2cccs2)CC1. The first-order valence-corrected chi connectivity index (χ1v) is 10.8. The highest BCUT2D eigenvalue weighted by Gasteiger charge is 2.28. The van der Waals surface area contributed by atoms with Gasteiger partial charge in [0.25, 0.3) is 5.91 Å². The van der Waals surface area contributed by atoms with E-state index in [0.29, 0.717) is 18.2 Å². The lowest BCUT2D eigenvalue weighted by Gasteiger charge is -2.31. The maximum atomic E-state index is 13.1. The summed E-state index contributed by atoms with van der Waals surface area (Å²) in [4.78, 5) is 15.1. The van der Waals surface area contributed by atoms with Gasteiger partial charge < -0.3 is 15.1 Å². The van der Waals surface area contributed by atoms with E-state index >= 15 is 0 Å². The molecule has 1 amide bonds. The van der Waals surface area contributed by atoms with Crippen molar-refractivity contribution in [3.05, 3.63) is 53.1 Å². The molecule has 144 valence electrons. The van der Waals surface area contributed by atoms with E-state index < -0.39 is 0 Å². The number of para-hydroxylation sites is 1. The molecule has 4 rings (SSSR count). The number of halogens is 1. The zero-order chi connectivity index (χ0) is 17.9. The first-order chi connectivity index (χ1) is 12.8. The molecule has 0 atom stereocenters. The second-order valence-corrected chi connectivity index (χ2v) is 8.82. The van der Waals surface area contributed by atoms with E-state index in [4.69, 9.17) is 10.2 Å². The molecule has 0 aliphatic carbocycles. The molecule has 3 heterocycles. The molecule has 1 aliphatic rings. The van der Waals surface area contributed by atoms with Gasteiger partial charge in [0.1, 0.15) is 5.58 Å². The molecule has 2 N–H and O–H groups in total. The molecular weight excluding hydrogens is 400 g/mol. The van der Waals surface area contributed by atoms with Gasteiger partial charge in [-0.2, -0.15) is 0 Å². The van der Waals surface area contributed by atoms with Gasteiger partial charge in [0, 0.05) is 29.8 Å². The van der Waals surface area contributed by atoms with Gasteiger partial charge in [-0.25, -0.2) is 0 Å². The van der Waals surface area contributed by atoms with Gasteiger partial charge in [0.2, 0.25) is 0 Å². The quantitative estimate of drug-likeness (QED) is 0.586. The van der Waals surface area contributed by atoms with Gasteiger partial charge in [-0.15, -0.1) is 35.5 Å². The largest absolute Gasteiger partial charge is 0.451 e. The number of thiophene rings is 1. The van der Waals surface area contributed by atoms with E-state index in [-0.39, 0.29) is 18.3 Å². The van der Waals surface area contributed by atoms with Crippen LogP contribution >= 0.6 is 35.5 Å². The summed E-state index contributed by atoms with van der Waals surface area (Å²) in [6, 6.07) is 12.1. The lowest BCUT2D eigenvalue weighted by Crippen LogP contribution is -2.40. The molecule has 0 unspecified atom stereocenters. The number of likely N-dealkylation sites (tertiary alicyclic amines) is 1. The lowest BCUT2D eigenvalue weighted by atomic mass is 9.97. The number of piperidine rings is 1. The van der Waals surface area contributed by atoms with Gasteiger partial charge in [-0.1, -0.05) is 24.3 Å². The third kappa shape index (κ3) is 4.35. The molecule has 27 heavy (non-hydrogen) atoms. The molecule has 1 fully saturated rings. The topological polar surface area (TPSA) is 59.5 Å². The van der Waals surface area contributed by atoms with Crippen molar-refractivity contribution in [1.29, 1.82) is 0 Å². The molecule has 7 heteroatoms. The summed E-state index contributed by atoms with van der Waals surface area (Å²) in [5, 5.41) is 3.11. The molecular formula is C20H23ClN2O2S2. The van der Waals surface area contributed by atoms with Crippen LogP contribution in [0.1, 0.15) is 29.0 Å². The first-order valence-electron chi connectivity index (χ1n) is 8.92. The minimum Gasteiger partial charge on any atom is -0.451 e. The number of hydrogen-bond donors (Lipinski definition) is 1. The van der Waals surface area contributed by atoms with Crippen molar-refractivity contribution in [1.82, 2.24) is 4.90 Å². The van der Waals surface area contributed by atoms with E-state index in [0.717, 1.165) is 48.2 Å². The number of carbonyl (C=O) groups excluding carboxylic acids is 1. The summed E-state index contributed by atoms with van der Waals surface area (Å²) in [5.74, 6) is 1.78. The maximum Gasteiger partial charge on any atom is 0.289 e. The van der Waals surface area contributed by atoms with Gasteiger partial charge in [-0.05, 0) is 42.8 Å². The number of rotatable bonds is 5. The van der Waals surface area contributed by atoms with Crippen LogP contribution in [0.3, 0.4) is 0 Å². The second kappa shape index (κ2) is 9.15. The maximum absolute atomic E-state index is 13.1. The van der Waals surface area contributed by atoms with Crippen LogP contribution in [0.5, 0.6) is 0 Å². The number of benzene rings is 1.